The van der Waals surface area contributed by atoms with Crippen molar-refractivity contribution >= 4 is 11.0 Å². The normalized spacial score (nSPS) is 11.1. The van der Waals surface area contributed by atoms with E-state index in [0.717, 1.165) is 10.9 Å². The molecule has 1 aromatic heterocycles. The number of benzene rings is 1. The van der Waals surface area contributed by atoms with Crippen LogP contribution in [0, 0.1) is 12.7 Å². The summed E-state index contributed by atoms with van der Waals surface area (Å²) in [5, 5.41) is 9.69. The van der Waals surface area contributed by atoms with Gasteiger partial charge in [-0.2, -0.15) is 0 Å². The van der Waals surface area contributed by atoms with Crippen molar-refractivity contribution in [2.45, 2.75) is 13.3 Å². The second kappa shape index (κ2) is 3.42. The third kappa shape index (κ3) is 1.40. The van der Waals surface area contributed by atoms with E-state index in [0.29, 0.717) is 17.6 Å². The lowest BCUT2D eigenvalue weighted by molar-refractivity contribution is 0.299. The van der Waals surface area contributed by atoms with Crippen molar-refractivity contribution < 1.29 is 13.9 Å². The van der Waals surface area contributed by atoms with Gasteiger partial charge < -0.3 is 9.52 Å². The van der Waals surface area contributed by atoms with Crippen molar-refractivity contribution in [3.8, 4) is 0 Å². The third-order valence-electron chi connectivity index (χ3n) is 2.32. The number of halogens is 1. The Bertz CT molecular complexity index is 460. The summed E-state index contributed by atoms with van der Waals surface area (Å²) in [6.07, 6.45) is 2.11. The van der Waals surface area contributed by atoms with Gasteiger partial charge >= 0.3 is 0 Å². The Balaban J connectivity index is 2.61. The lowest BCUT2D eigenvalue weighted by atomic mass is 10.1. The van der Waals surface area contributed by atoms with Crippen molar-refractivity contribution in [3.05, 3.63) is 35.3 Å². The van der Waals surface area contributed by atoms with E-state index in [9.17, 15) is 4.39 Å². The van der Waals surface area contributed by atoms with E-state index in [4.69, 9.17) is 9.52 Å². The van der Waals surface area contributed by atoms with Gasteiger partial charge in [-0.1, -0.05) is 0 Å². The highest BCUT2D eigenvalue weighted by Crippen LogP contribution is 2.24. The zero-order valence-electron chi connectivity index (χ0n) is 7.88. The molecule has 2 aromatic rings. The van der Waals surface area contributed by atoms with Gasteiger partial charge in [0.25, 0.3) is 0 Å². The van der Waals surface area contributed by atoms with Crippen molar-refractivity contribution in [3.63, 3.8) is 0 Å². The van der Waals surface area contributed by atoms with Gasteiger partial charge in [-0.15, -0.1) is 0 Å². The number of hydrogen-bond acceptors (Lipinski definition) is 2. The van der Waals surface area contributed by atoms with E-state index in [1.165, 1.54) is 6.07 Å². The fourth-order valence-electron chi connectivity index (χ4n) is 1.52. The van der Waals surface area contributed by atoms with Crippen molar-refractivity contribution in [2.24, 2.45) is 0 Å². The first-order valence-electron chi connectivity index (χ1n) is 4.49. The van der Waals surface area contributed by atoms with E-state index in [2.05, 4.69) is 0 Å². The van der Waals surface area contributed by atoms with E-state index in [1.54, 1.807) is 19.3 Å². The first-order valence-corrected chi connectivity index (χ1v) is 4.49. The van der Waals surface area contributed by atoms with Gasteiger partial charge in [-0.05, 0) is 25.0 Å². The van der Waals surface area contributed by atoms with Crippen molar-refractivity contribution in [1.29, 1.82) is 0 Å². The largest absolute Gasteiger partial charge is 0.464 e. The minimum absolute atomic E-state index is 0.0745. The van der Waals surface area contributed by atoms with Crippen LogP contribution in [-0.4, -0.2) is 11.7 Å². The Morgan fingerprint density at radius 2 is 2.21 bits per heavy atom. The number of aryl methyl sites for hydroxylation is 1. The molecule has 1 aromatic carbocycles. The summed E-state index contributed by atoms with van der Waals surface area (Å²) in [5.74, 6) is -0.262. The van der Waals surface area contributed by atoms with Crippen LogP contribution in [0.3, 0.4) is 0 Å². The van der Waals surface area contributed by atoms with Crippen LogP contribution in [0.5, 0.6) is 0 Å². The van der Waals surface area contributed by atoms with Crippen LogP contribution >= 0.6 is 0 Å². The topological polar surface area (TPSA) is 33.4 Å². The summed E-state index contributed by atoms with van der Waals surface area (Å²) in [5.41, 5.74) is 2.06. The Kier molecular flexibility index (Phi) is 2.25. The standard InChI is InChI=1S/C11H11FO2/c1-7-4-9-8(2-3-13)6-14-11(9)5-10(7)12/h4-6,13H,2-3H2,1H3. The predicted molar refractivity (Wildman–Crippen MR) is 51.7 cm³/mol. The fourth-order valence-corrected chi connectivity index (χ4v) is 1.52. The zero-order valence-corrected chi connectivity index (χ0v) is 7.88. The first kappa shape index (κ1) is 9.21. The van der Waals surface area contributed by atoms with Crippen LogP contribution < -0.4 is 0 Å². The molecule has 3 heteroatoms. The molecular formula is C11H11FO2. The maximum Gasteiger partial charge on any atom is 0.137 e. The minimum atomic E-state index is -0.262. The summed E-state index contributed by atoms with van der Waals surface area (Å²) in [4.78, 5) is 0. The van der Waals surface area contributed by atoms with Crippen LogP contribution in [0.1, 0.15) is 11.1 Å². The smallest absolute Gasteiger partial charge is 0.137 e. The van der Waals surface area contributed by atoms with Gasteiger partial charge in [-0.3, -0.25) is 0 Å². The Morgan fingerprint density at radius 3 is 2.93 bits per heavy atom. The monoisotopic (exact) mass is 194 g/mol. The van der Waals surface area contributed by atoms with Crippen LogP contribution in [0.4, 0.5) is 4.39 Å². The zero-order chi connectivity index (χ0) is 10.1. The molecule has 14 heavy (non-hydrogen) atoms. The molecular weight excluding hydrogens is 183 g/mol. The molecule has 0 saturated carbocycles. The van der Waals surface area contributed by atoms with Crippen LogP contribution in [0.2, 0.25) is 0 Å². The average molecular weight is 194 g/mol. The lowest BCUT2D eigenvalue weighted by Crippen LogP contribution is -1.89. The summed E-state index contributed by atoms with van der Waals surface area (Å²) in [6, 6.07) is 3.13. The highest BCUT2D eigenvalue weighted by Gasteiger charge is 2.08. The van der Waals surface area contributed by atoms with Gasteiger partial charge in [0, 0.05) is 23.6 Å². The number of aliphatic hydroxyl groups excluding tert-OH is 1. The number of furan rings is 1. The van der Waals surface area contributed by atoms with E-state index in [-0.39, 0.29) is 12.4 Å². The molecule has 0 unspecified atom stereocenters. The number of rotatable bonds is 2. The summed E-state index contributed by atoms with van der Waals surface area (Å²) in [7, 11) is 0. The third-order valence-corrected chi connectivity index (χ3v) is 2.32. The van der Waals surface area contributed by atoms with Gasteiger partial charge in [0.15, 0.2) is 0 Å². The van der Waals surface area contributed by atoms with Gasteiger partial charge in [-0.25, -0.2) is 4.39 Å². The number of fused-ring (bicyclic) bond motifs is 1. The Hall–Kier alpha value is -1.35. The maximum absolute atomic E-state index is 13.1. The molecule has 0 amide bonds. The summed E-state index contributed by atoms with van der Waals surface area (Å²) >= 11 is 0. The van der Waals surface area contributed by atoms with Gasteiger partial charge in [0.05, 0.1) is 6.26 Å². The molecule has 74 valence electrons. The van der Waals surface area contributed by atoms with E-state index in [1.807, 2.05) is 0 Å². The minimum Gasteiger partial charge on any atom is -0.464 e. The van der Waals surface area contributed by atoms with Crippen LogP contribution in [-0.2, 0) is 6.42 Å². The fraction of sp³-hybridized carbons (Fsp3) is 0.273. The molecule has 2 rings (SSSR count). The molecule has 0 bridgehead atoms. The highest BCUT2D eigenvalue weighted by atomic mass is 19.1. The van der Waals surface area contributed by atoms with E-state index < -0.39 is 0 Å². The molecule has 2 nitrogen and oxygen atoms in total. The molecule has 0 spiro atoms. The molecule has 0 atom stereocenters. The molecule has 0 saturated heterocycles. The molecule has 1 heterocycles. The molecule has 0 aliphatic rings. The maximum atomic E-state index is 13.1. The van der Waals surface area contributed by atoms with E-state index >= 15 is 0 Å². The number of aliphatic hydroxyl groups is 1. The highest BCUT2D eigenvalue weighted by molar-refractivity contribution is 5.81. The van der Waals surface area contributed by atoms with Gasteiger partial charge in [0.2, 0.25) is 0 Å². The Labute approximate surface area is 81.0 Å². The van der Waals surface area contributed by atoms with Crippen molar-refractivity contribution in [2.75, 3.05) is 6.61 Å². The average Bonchev–Trinajstić information content (AvgIpc) is 2.51. The molecule has 0 radical (unpaired) electrons. The molecule has 0 fully saturated rings. The second-order valence-corrected chi connectivity index (χ2v) is 3.33. The van der Waals surface area contributed by atoms with Crippen LogP contribution in [0.15, 0.2) is 22.8 Å². The molecule has 0 aliphatic carbocycles. The quantitative estimate of drug-likeness (QED) is 0.796. The molecule has 0 aliphatic heterocycles. The van der Waals surface area contributed by atoms with Crippen LogP contribution in [0.25, 0.3) is 11.0 Å². The second-order valence-electron chi connectivity index (χ2n) is 3.33. The number of hydrogen-bond donors (Lipinski definition) is 1. The summed E-state index contributed by atoms with van der Waals surface area (Å²) in [6.45, 7) is 1.79. The SMILES string of the molecule is Cc1cc2c(CCO)coc2cc1F. The lowest BCUT2D eigenvalue weighted by Gasteiger charge is -1.97. The Morgan fingerprint density at radius 1 is 1.43 bits per heavy atom. The van der Waals surface area contributed by atoms with Crippen molar-refractivity contribution in [1.82, 2.24) is 0 Å². The first-order chi connectivity index (χ1) is 6.72. The van der Waals surface area contributed by atoms with Gasteiger partial charge in [0.1, 0.15) is 11.4 Å². The summed E-state index contributed by atoms with van der Waals surface area (Å²) < 4.78 is 18.3. The predicted octanol–water partition coefficient (Wildman–Crippen LogP) is 2.42. The molecule has 1 N–H and O–H groups in total.